The average molecular weight is 292 g/mol. The lowest BCUT2D eigenvalue weighted by atomic mass is 9.68. The molecule has 0 nitrogen and oxygen atoms in total. The Bertz CT molecular complexity index is 503. The van der Waals surface area contributed by atoms with E-state index in [-0.39, 0.29) is 16.2 Å². The zero-order chi connectivity index (χ0) is 16.1. The van der Waals surface area contributed by atoms with Gasteiger partial charge in [-0.15, -0.1) is 9.24 Å². The summed E-state index contributed by atoms with van der Waals surface area (Å²) < 4.78 is 0. The van der Waals surface area contributed by atoms with E-state index in [1.807, 2.05) is 0 Å². The van der Waals surface area contributed by atoms with Crippen LogP contribution < -0.4 is 5.30 Å². The third-order valence-electron chi connectivity index (χ3n) is 3.88. The molecule has 1 rings (SSSR count). The molecule has 114 valence electrons. The Hall–Kier alpha value is -0.350. The zero-order valence-corrected chi connectivity index (χ0v) is 16.3. The lowest BCUT2D eigenvalue weighted by Gasteiger charge is -2.38. The molecule has 1 unspecified atom stereocenters. The molecule has 1 atom stereocenters. The van der Waals surface area contributed by atoms with Crippen molar-refractivity contribution in [3.05, 3.63) is 28.3 Å². The highest BCUT2D eigenvalue weighted by atomic mass is 31.0. The van der Waals surface area contributed by atoms with E-state index in [1.165, 1.54) is 27.6 Å². The van der Waals surface area contributed by atoms with Crippen LogP contribution in [0.3, 0.4) is 0 Å². The van der Waals surface area contributed by atoms with Gasteiger partial charge in [0, 0.05) is 0 Å². The fraction of sp³-hybridized carbons (Fsp3) is 0.684. The molecule has 0 spiro atoms. The van der Waals surface area contributed by atoms with Gasteiger partial charge in [0.05, 0.1) is 0 Å². The Balaban J connectivity index is 3.96. The molecule has 0 radical (unpaired) electrons. The summed E-state index contributed by atoms with van der Waals surface area (Å²) in [5.74, 6) is 0. The molecule has 0 saturated carbocycles. The summed E-state index contributed by atoms with van der Waals surface area (Å²) in [6.07, 6.45) is 0. The van der Waals surface area contributed by atoms with E-state index in [0.717, 1.165) is 0 Å². The maximum absolute atomic E-state index is 2.99. The first-order valence-corrected chi connectivity index (χ1v) is 8.19. The molecule has 0 amide bonds. The summed E-state index contributed by atoms with van der Waals surface area (Å²) >= 11 is 0. The molecule has 0 aliphatic carbocycles. The fourth-order valence-electron chi connectivity index (χ4n) is 2.98. The normalized spacial score (nSPS) is 13.8. The molecule has 0 fully saturated rings. The second-order valence-electron chi connectivity index (χ2n) is 9.15. The van der Waals surface area contributed by atoms with Crippen LogP contribution in [0, 0.1) is 6.92 Å². The van der Waals surface area contributed by atoms with E-state index < -0.39 is 0 Å². The maximum atomic E-state index is 2.99. The van der Waals surface area contributed by atoms with Crippen LogP contribution >= 0.6 is 9.24 Å². The first-order valence-electron chi connectivity index (χ1n) is 7.62. The second-order valence-corrected chi connectivity index (χ2v) is 9.73. The second kappa shape index (κ2) is 5.13. The number of hydrogen-bond donors (Lipinski definition) is 0. The minimum Gasteiger partial charge on any atom is -0.105 e. The third-order valence-corrected chi connectivity index (χ3v) is 4.63. The van der Waals surface area contributed by atoms with E-state index in [1.54, 1.807) is 0 Å². The monoisotopic (exact) mass is 292 g/mol. The number of rotatable bonds is 0. The minimum absolute atomic E-state index is 0.157. The number of aryl methyl sites for hydroxylation is 1. The highest BCUT2D eigenvalue weighted by Crippen LogP contribution is 2.41. The Morgan fingerprint density at radius 1 is 0.700 bits per heavy atom. The smallest absolute Gasteiger partial charge is 0.0123 e. The molecule has 0 aliphatic rings. The lowest BCUT2D eigenvalue weighted by molar-refractivity contribution is 0.499. The molecule has 1 aromatic rings. The maximum Gasteiger partial charge on any atom is -0.0123 e. The standard InChI is InChI=1S/C19H33P/c1-12-11-13(17(2,3)4)14(18(5,6)7)15(16(12)20)19(8,9)10/h11H,20H2,1-10H3. The molecule has 0 N–H and O–H groups in total. The molecule has 0 saturated heterocycles. The van der Waals surface area contributed by atoms with Crippen LogP contribution in [-0.4, -0.2) is 0 Å². The van der Waals surface area contributed by atoms with E-state index in [4.69, 9.17) is 0 Å². The van der Waals surface area contributed by atoms with E-state index in [0.29, 0.717) is 0 Å². The SMILES string of the molecule is Cc1cc(C(C)(C)C)c(C(C)(C)C)c(C(C)(C)C)c1P. The molecule has 0 aliphatic heterocycles. The van der Waals surface area contributed by atoms with E-state index in [9.17, 15) is 0 Å². The number of hydrogen-bond acceptors (Lipinski definition) is 0. The summed E-state index contributed by atoms with van der Waals surface area (Å²) in [6.45, 7) is 23.2. The van der Waals surface area contributed by atoms with E-state index >= 15 is 0 Å². The van der Waals surface area contributed by atoms with Gasteiger partial charge >= 0.3 is 0 Å². The van der Waals surface area contributed by atoms with Crippen molar-refractivity contribution in [2.24, 2.45) is 0 Å². The first kappa shape index (κ1) is 17.7. The largest absolute Gasteiger partial charge is 0.105 e. The summed E-state index contributed by atoms with van der Waals surface area (Å²) in [6, 6.07) is 2.40. The van der Waals surface area contributed by atoms with Gasteiger partial charge in [-0.3, -0.25) is 0 Å². The zero-order valence-electron chi connectivity index (χ0n) is 15.2. The first-order chi connectivity index (χ1) is 8.67. The van der Waals surface area contributed by atoms with Crippen LogP contribution in [0.25, 0.3) is 0 Å². The van der Waals surface area contributed by atoms with Crippen LogP contribution in [0.4, 0.5) is 0 Å². The summed E-state index contributed by atoms with van der Waals surface area (Å²) in [7, 11) is 2.99. The van der Waals surface area contributed by atoms with Crippen molar-refractivity contribution in [3.8, 4) is 0 Å². The van der Waals surface area contributed by atoms with Crippen LogP contribution in [0.5, 0.6) is 0 Å². The summed E-state index contributed by atoms with van der Waals surface area (Å²) in [5.41, 5.74) is 6.42. The lowest BCUT2D eigenvalue weighted by Crippen LogP contribution is -2.33. The van der Waals surface area contributed by atoms with Crippen LogP contribution in [-0.2, 0) is 16.2 Å². The predicted octanol–water partition coefficient (Wildman–Crippen LogP) is 5.39. The van der Waals surface area contributed by atoms with Crippen molar-refractivity contribution in [3.63, 3.8) is 0 Å². The molecule has 0 bridgehead atoms. The molecule has 20 heavy (non-hydrogen) atoms. The Labute approximate surface area is 129 Å². The molecule has 1 aromatic carbocycles. The van der Waals surface area contributed by atoms with Crippen molar-refractivity contribution in [1.29, 1.82) is 0 Å². The topological polar surface area (TPSA) is 0 Å². The van der Waals surface area contributed by atoms with Gasteiger partial charge in [0.2, 0.25) is 0 Å². The van der Waals surface area contributed by atoms with Gasteiger partial charge in [-0.1, -0.05) is 68.4 Å². The molecule has 0 heterocycles. The van der Waals surface area contributed by atoms with Crippen molar-refractivity contribution in [2.45, 2.75) is 85.5 Å². The van der Waals surface area contributed by atoms with Gasteiger partial charge in [0.25, 0.3) is 0 Å². The molecular formula is C19H33P. The third kappa shape index (κ3) is 3.45. The van der Waals surface area contributed by atoms with Gasteiger partial charge in [-0.05, 0) is 50.7 Å². The van der Waals surface area contributed by atoms with Gasteiger partial charge < -0.3 is 0 Å². The Kier molecular flexibility index (Phi) is 4.54. The molecular weight excluding hydrogens is 259 g/mol. The Morgan fingerprint density at radius 2 is 1.10 bits per heavy atom. The van der Waals surface area contributed by atoms with Crippen LogP contribution in [0.1, 0.15) is 84.6 Å². The molecule has 0 aromatic heterocycles. The van der Waals surface area contributed by atoms with Gasteiger partial charge in [0.15, 0.2) is 0 Å². The van der Waals surface area contributed by atoms with Gasteiger partial charge in [-0.25, -0.2) is 0 Å². The number of benzene rings is 1. The predicted molar refractivity (Wildman–Crippen MR) is 96.6 cm³/mol. The van der Waals surface area contributed by atoms with Gasteiger partial charge in [0.1, 0.15) is 0 Å². The summed E-state index contributed by atoms with van der Waals surface area (Å²) in [5, 5.41) is 1.38. The van der Waals surface area contributed by atoms with Crippen molar-refractivity contribution in [2.75, 3.05) is 0 Å². The average Bonchev–Trinajstić information content (AvgIpc) is 2.15. The van der Waals surface area contributed by atoms with Crippen LogP contribution in [0.2, 0.25) is 0 Å². The highest BCUT2D eigenvalue weighted by Gasteiger charge is 2.33. The van der Waals surface area contributed by atoms with Crippen molar-refractivity contribution >= 4 is 14.5 Å². The summed E-state index contributed by atoms with van der Waals surface area (Å²) in [4.78, 5) is 0. The van der Waals surface area contributed by atoms with E-state index in [2.05, 4.69) is 84.5 Å². The quantitative estimate of drug-likeness (QED) is 0.563. The van der Waals surface area contributed by atoms with Crippen LogP contribution in [0.15, 0.2) is 6.07 Å². The van der Waals surface area contributed by atoms with Crippen molar-refractivity contribution < 1.29 is 0 Å². The highest BCUT2D eigenvalue weighted by molar-refractivity contribution is 7.27. The Morgan fingerprint density at radius 3 is 1.40 bits per heavy atom. The fourth-order valence-corrected chi connectivity index (χ4v) is 3.64. The molecule has 1 heteroatoms. The minimum atomic E-state index is 0.157. The van der Waals surface area contributed by atoms with Gasteiger partial charge in [-0.2, -0.15) is 0 Å². The van der Waals surface area contributed by atoms with Crippen molar-refractivity contribution in [1.82, 2.24) is 0 Å².